The number of benzene rings is 5. The standard InChI is InChI=1S/C72H46N8.2Zn/c1-43-18-22-48(23-19-43)69-52-28-26-50(73-52)42-51-27-29-53(74-51)70(49-24-20-44(2)21-25-49)61-37-41-65(80-61)72(64-40-36-60(69)79-64)71-62-38-34-58(77-62)67(46-14-8-4-9-15-46)56-32-30-54(75-56)66(45-12-6-3-7-13-45)55-31-33-57(76-55)68(47-16-10-5-11-17-47)59-35-39-63(71)78-59;;/h3-42H,1-2H3;;/q-4;2*+2. The summed E-state index contributed by atoms with van der Waals surface area (Å²) in [7, 11) is 0. The molecule has 0 N–H and O–H groups in total. The summed E-state index contributed by atoms with van der Waals surface area (Å²) in [4.78, 5) is 44.2. The number of hydrogen-bond acceptors (Lipinski definition) is 4. The molecule has 82 heavy (non-hydrogen) atoms. The van der Waals surface area contributed by atoms with Gasteiger partial charge in [0.1, 0.15) is 0 Å². The average molecular weight is 1150 g/mol. The monoisotopic (exact) mass is 1150 g/mol. The van der Waals surface area contributed by atoms with Crippen LogP contribution < -0.4 is 19.9 Å². The summed E-state index contributed by atoms with van der Waals surface area (Å²) in [6, 6.07) is 67.1. The first-order valence-electron chi connectivity index (χ1n) is 26.8. The maximum Gasteiger partial charge on any atom is 2.00 e. The van der Waals surface area contributed by atoms with Crippen molar-refractivity contribution in [3.8, 4) is 66.8 Å². The average Bonchev–Trinajstić information content (AvgIpc) is 4.51. The van der Waals surface area contributed by atoms with Crippen LogP contribution in [-0.4, -0.2) is 19.9 Å². The SMILES string of the molecule is Cc1ccc(-c2c3nc(c(-c4c5nc(c(-c6ccccc6)c6ccc([n-]6)c(-c6ccccc6)c6nc(c(-c7ccccc7)c7ccc4[n-]7)C=C6)C=C5)c4ccc([n-]4)c(-c4ccc(C)cc4)c4nc(cc5ccc2[n-]5)C=C4)C=C3)cc1.[Zn+2].[Zn+2]. The summed E-state index contributed by atoms with van der Waals surface area (Å²) >= 11 is 0. The minimum Gasteiger partial charge on any atom is -0.657 e. The zero-order chi connectivity index (χ0) is 53.3. The van der Waals surface area contributed by atoms with E-state index in [9.17, 15) is 0 Å². The molecule has 5 aromatic carbocycles. The van der Waals surface area contributed by atoms with Gasteiger partial charge in [-0.2, -0.15) is 0 Å². The molecule has 378 valence electrons. The molecule has 4 aliphatic rings. The molecule has 0 saturated heterocycles. The van der Waals surface area contributed by atoms with Crippen molar-refractivity contribution in [3.05, 3.63) is 251 Å². The fourth-order valence-electron chi connectivity index (χ4n) is 11.4. The molecule has 10 heterocycles. The molecule has 6 aromatic heterocycles. The third-order valence-electron chi connectivity index (χ3n) is 15.2. The fourth-order valence-corrected chi connectivity index (χ4v) is 11.4. The van der Waals surface area contributed by atoms with E-state index in [4.69, 9.17) is 39.9 Å². The van der Waals surface area contributed by atoms with Crippen LogP contribution in [0.2, 0.25) is 0 Å². The number of fused-ring (bicyclic) bond motifs is 16. The van der Waals surface area contributed by atoms with Gasteiger partial charge in [-0.1, -0.05) is 205 Å². The van der Waals surface area contributed by atoms with E-state index in [1.165, 1.54) is 0 Å². The molecule has 4 aliphatic heterocycles. The van der Waals surface area contributed by atoms with E-state index in [0.29, 0.717) is 22.4 Å². The van der Waals surface area contributed by atoms with Gasteiger partial charge < -0.3 is 19.9 Å². The Morgan fingerprint density at radius 2 is 0.512 bits per heavy atom. The van der Waals surface area contributed by atoms with Crippen LogP contribution in [0.25, 0.3) is 160 Å². The van der Waals surface area contributed by atoms with Gasteiger partial charge in [0, 0.05) is 0 Å². The van der Waals surface area contributed by atoms with Gasteiger partial charge in [0.2, 0.25) is 0 Å². The second kappa shape index (κ2) is 21.5. The Morgan fingerprint density at radius 1 is 0.244 bits per heavy atom. The van der Waals surface area contributed by atoms with Crippen molar-refractivity contribution in [1.29, 1.82) is 0 Å². The van der Waals surface area contributed by atoms with Gasteiger partial charge in [0.25, 0.3) is 0 Å². The molecule has 10 heteroatoms. The number of aryl methyl sites for hydroxylation is 2. The number of aromatic nitrogens is 8. The van der Waals surface area contributed by atoms with Crippen molar-refractivity contribution in [1.82, 2.24) is 39.9 Å². The summed E-state index contributed by atoms with van der Waals surface area (Å²) in [5.74, 6) is 0. The summed E-state index contributed by atoms with van der Waals surface area (Å²) in [5, 5.41) is 0. The fraction of sp³-hybridized carbons (Fsp3) is 0.0278. The van der Waals surface area contributed by atoms with Crippen LogP contribution >= 0.6 is 0 Å². The summed E-state index contributed by atoms with van der Waals surface area (Å²) in [6.07, 6.45) is 16.7. The molecule has 0 aliphatic carbocycles. The Labute approximate surface area is 499 Å². The second-order valence-electron chi connectivity index (χ2n) is 20.4. The molecule has 15 rings (SSSR count). The number of rotatable bonds is 6. The number of hydrogen-bond donors (Lipinski definition) is 0. The molecule has 0 radical (unpaired) electrons. The number of nitrogens with zero attached hydrogens (tertiary/aromatic N) is 8. The zero-order valence-electron chi connectivity index (χ0n) is 45.1. The Bertz CT molecular complexity index is 4730. The van der Waals surface area contributed by atoms with Crippen molar-refractivity contribution >= 4 is 92.7 Å². The third-order valence-corrected chi connectivity index (χ3v) is 15.2. The predicted octanol–water partition coefficient (Wildman–Crippen LogP) is 16.8. The van der Waals surface area contributed by atoms with Crippen LogP contribution in [0.5, 0.6) is 0 Å². The Balaban J connectivity index is 0.00000316. The van der Waals surface area contributed by atoms with Gasteiger partial charge in [-0.05, 0) is 129 Å². The van der Waals surface area contributed by atoms with E-state index < -0.39 is 0 Å². The topological polar surface area (TPSA) is 108 Å². The van der Waals surface area contributed by atoms with E-state index in [2.05, 4.69) is 232 Å². The van der Waals surface area contributed by atoms with Crippen LogP contribution in [0.15, 0.2) is 194 Å². The first-order chi connectivity index (χ1) is 39.4. The van der Waals surface area contributed by atoms with Crippen molar-refractivity contribution in [2.24, 2.45) is 0 Å². The van der Waals surface area contributed by atoms with Crippen molar-refractivity contribution in [2.45, 2.75) is 13.8 Å². The Kier molecular flexibility index (Phi) is 13.7. The smallest absolute Gasteiger partial charge is 0.657 e. The maximum absolute atomic E-state index is 5.69. The van der Waals surface area contributed by atoms with E-state index in [-0.39, 0.29) is 39.0 Å². The summed E-state index contributed by atoms with van der Waals surface area (Å²) < 4.78 is 0. The van der Waals surface area contributed by atoms with E-state index in [1.807, 2.05) is 24.3 Å². The quantitative estimate of drug-likeness (QED) is 0.152. The summed E-state index contributed by atoms with van der Waals surface area (Å²) in [6.45, 7) is 4.21. The van der Waals surface area contributed by atoms with Crippen molar-refractivity contribution in [2.75, 3.05) is 0 Å². The molecule has 11 aromatic rings. The maximum atomic E-state index is 5.69. The van der Waals surface area contributed by atoms with E-state index in [1.54, 1.807) is 0 Å². The van der Waals surface area contributed by atoms with Gasteiger partial charge in [0.15, 0.2) is 0 Å². The van der Waals surface area contributed by atoms with Gasteiger partial charge in [-0.25, -0.2) is 19.9 Å². The minimum absolute atomic E-state index is 0. The Hall–Kier alpha value is -9.45. The van der Waals surface area contributed by atoms with Crippen molar-refractivity contribution in [3.63, 3.8) is 0 Å². The molecule has 0 fully saturated rings. The minimum atomic E-state index is 0. The molecular weight excluding hydrogens is 1110 g/mol. The van der Waals surface area contributed by atoms with E-state index in [0.717, 1.165) is 145 Å². The first kappa shape index (κ1) is 52.0. The second-order valence-corrected chi connectivity index (χ2v) is 20.4. The molecule has 0 amide bonds. The predicted molar refractivity (Wildman–Crippen MR) is 329 cm³/mol. The Morgan fingerprint density at radius 3 is 0.866 bits per heavy atom. The molecule has 0 unspecified atom stereocenters. The van der Waals surface area contributed by atoms with Crippen LogP contribution in [-0.2, 0) is 39.0 Å². The van der Waals surface area contributed by atoms with Crippen molar-refractivity contribution < 1.29 is 39.0 Å². The third kappa shape index (κ3) is 9.40. The molecule has 0 atom stereocenters. The summed E-state index contributed by atoms with van der Waals surface area (Å²) in [5.41, 5.74) is 25.7. The molecular formula is C72H46N8Zn2. The van der Waals surface area contributed by atoms with Crippen LogP contribution in [0, 0.1) is 13.8 Å². The first-order valence-corrected chi connectivity index (χ1v) is 26.8. The zero-order valence-corrected chi connectivity index (χ0v) is 51.0. The van der Waals surface area contributed by atoms with Crippen LogP contribution in [0.4, 0.5) is 0 Å². The van der Waals surface area contributed by atoms with Crippen LogP contribution in [0.3, 0.4) is 0 Å². The van der Waals surface area contributed by atoms with Crippen LogP contribution in [0.1, 0.15) is 56.7 Å². The van der Waals surface area contributed by atoms with E-state index >= 15 is 0 Å². The molecule has 0 saturated carbocycles. The van der Waals surface area contributed by atoms with Gasteiger partial charge in [-0.15, -0.1) is 44.1 Å². The molecule has 8 nitrogen and oxygen atoms in total. The normalized spacial score (nSPS) is 12.1. The molecule has 0 spiro atoms. The largest absolute Gasteiger partial charge is 2.00 e. The van der Waals surface area contributed by atoms with Gasteiger partial charge in [-0.3, -0.25) is 0 Å². The van der Waals surface area contributed by atoms with Gasteiger partial charge in [0.05, 0.1) is 45.6 Å². The molecule has 16 bridgehead atoms. The van der Waals surface area contributed by atoms with Gasteiger partial charge >= 0.3 is 39.0 Å².